The second kappa shape index (κ2) is 9.30. The van der Waals surface area contributed by atoms with Crippen LogP contribution in [0.5, 0.6) is 0 Å². The molecule has 2 aromatic carbocycles. The number of hydrogen-bond acceptors (Lipinski definition) is 5. The van der Waals surface area contributed by atoms with E-state index in [0.717, 1.165) is 5.56 Å². The molecule has 0 radical (unpaired) electrons. The smallest absolute Gasteiger partial charge is 0.232 e. The van der Waals surface area contributed by atoms with E-state index in [1.807, 2.05) is 6.92 Å². The Morgan fingerprint density at radius 3 is 2.68 bits per heavy atom. The molecule has 0 amide bonds. The van der Waals surface area contributed by atoms with E-state index in [-0.39, 0.29) is 34.2 Å². The van der Waals surface area contributed by atoms with E-state index in [2.05, 4.69) is 19.9 Å². The highest BCUT2D eigenvalue weighted by Gasteiger charge is 2.23. The molecule has 10 heteroatoms. The Morgan fingerprint density at radius 1 is 1.15 bits per heavy atom. The van der Waals surface area contributed by atoms with Gasteiger partial charge in [-0.1, -0.05) is 25.5 Å². The van der Waals surface area contributed by atoms with Crippen LogP contribution in [0.4, 0.5) is 14.5 Å². The number of aromatic nitrogens is 3. The molecule has 2 N–H and O–H groups in total. The Kier molecular flexibility index (Phi) is 6.43. The van der Waals surface area contributed by atoms with Crippen molar-refractivity contribution in [2.45, 2.75) is 26.7 Å². The van der Waals surface area contributed by atoms with Gasteiger partial charge in [0.05, 0.1) is 22.4 Å². The molecule has 0 unspecified atom stereocenters. The third-order valence-corrected chi connectivity index (χ3v) is 6.77. The number of hydrogen-bond donors (Lipinski definition) is 2. The summed E-state index contributed by atoms with van der Waals surface area (Å²) in [4.78, 5) is 17.5. The number of carbonyl (C=O) groups excluding carboxylic acids is 1. The first-order chi connectivity index (χ1) is 16.2. The van der Waals surface area contributed by atoms with Crippen LogP contribution in [0.2, 0.25) is 0 Å². The van der Waals surface area contributed by atoms with Gasteiger partial charge in [0.1, 0.15) is 11.5 Å². The normalized spacial score (nSPS) is 11.6. The molecule has 2 aromatic heterocycles. The molecule has 34 heavy (non-hydrogen) atoms. The Balaban J connectivity index is 1.72. The van der Waals surface area contributed by atoms with Gasteiger partial charge in [-0.15, -0.1) is 0 Å². The van der Waals surface area contributed by atoms with E-state index in [1.165, 1.54) is 30.3 Å². The number of pyridine rings is 1. The first kappa shape index (κ1) is 23.5. The quantitative estimate of drug-likeness (QED) is 0.343. The Morgan fingerprint density at radius 2 is 1.94 bits per heavy atom. The number of ketones is 1. The lowest BCUT2D eigenvalue weighted by atomic mass is 9.99. The third-order valence-electron chi connectivity index (χ3n) is 5.41. The van der Waals surface area contributed by atoms with Gasteiger partial charge in [0, 0.05) is 11.8 Å². The molecule has 0 aliphatic heterocycles. The molecular weight excluding hydrogens is 462 g/mol. The topological polar surface area (TPSA) is 105 Å². The maximum Gasteiger partial charge on any atom is 0.232 e. The highest BCUT2D eigenvalue weighted by Crippen LogP contribution is 2.29. The molecular formula is C24H22F2N4O3S. The van der Waals surface area contributed by atoms with Crippen molar-refractivity contribution >= 4 is 32.5 Å². The van der Waals surface area contributed by atoms with Crippen molar-refractivity contribution in [3.05, 3.63) is 77.1 Å². The van der Waals surface area contributed by atoms with Crippen molar-refractivity contribution < 1.29 is 22.0 Å². The van der Waals surface area contributed by atoms with E-state index in [1.54, 1.807) is 25.3 Å². The number of H-pyrrole nitrogens is 1. The molecule has 0 aliphatic rings. The Labute approximate surface area is 195 Å². The molecule has 0 bridgehead atoms. The number of anilines is 1. The van der Waals surface area contributed by atoms with Gasteiger partial charge in [-0.2, -0.15) is 5.10 Å². The van der Waals surface area contributed by atoms with Crippen LogP contribution in [0, 0.1) is 18.6 Å². The fraction of sp³-hybridized carbons (Fsp3) is 0.208. The number of unbranched alkanes of at least 4 members (excludes halogenated alkanes) is 1. The van der Waals surface area contributed by atoms with E-state index in [9.17, 15) is 17.6 Å². The largest absolute Gasteiger partial charge is 0.287 e. The summed E-state index contributed by atoms with van der Waals surface area (Å²) in [5, 5.41) is 7.00. The molecule has 0 saturated heterocycles. The molecule has 0 aliphatic carbocycles. The van der Waals surface area contributed by atoms with E-state index < -0.39 is 21.6 Å². The predicted molar refractivity (Wildman–Crippen MR) is 126 cm³/mol. The lowest BCUT2D eigenvalue weighted by Gasteiger charge is -2.11. The van der Waals surface area contributed by atoms with Crippen LogP contribution in [-0.2, 0) is 10.0 Å². The van der Waals surface area contributed by atoms with Crippen LogP contribution >= 0.6 is 0 Å². The molecule has 4 aromatic rings. The fourth-order valence-electron chi connectivity index (χ4n) is 3.64. The second-order valence-electron chi connectivity index (χ2n) is 7.92. The SMILES string of the molecule is CCCCS(=O)(=O)Nc1cccc(C(=O)c2[nH]nc3ncc(-c4ccc(F)cc4C)cc23)c1F. The van der Waals surface area contributed by atoms with Crippen molar-refractivity contribution in [2.24, 2.45) is 0 Å². The van der Waals surface area contributed by atoms with Crippen LogP contribution in [0.25, 0.3) is 22.2 Å². The molecule has 4 rings (SSSR count). The van der Waals surface area contributed by atoms with Gasteiger partial charge in [-0.05, 0) is 54.8 Å². The number of sulfonamides is 1. The molecule has 7 nitrogen and oxygen atoms in total. The van der Waals surface area contributed by atoms with E-state index in [4.69, 9.17) is 0 Å². The molecule has 176 valence electrons. The van der Waals surface area contributed by atoms with Crippen molar-refractivity contribution in [3.63, 3.8) is 0 Å². The first-order valence-corrected chi connectivity index (χ1v) is 12.3. The van der Waals surface area contributed by atoms with Gasteiger partial charge in [-0.25, -0.2) is 22.2 Å². The third kappa shape index (κ3) is 4.67. The Hall–Kier alpha value is -3.66. The molecule has 0 saturated carbocycles. The number of benzene rings is 2. The average Bonchev–Trinajstić information content (AvgIpc) is 3.22. The number of halogens is 2. The minimum absolute atomic E-state index is 0.00834. The summed E-state index contributed by atoms with van der Waals surface area (Å²) < 4.78 is 55.3. The standard InChI is InChI=1S/C24H22F2N4O3S/c1-3-4-10-34(32,33)30-20-7-5-6-18(21(20)26)23(31)22-19-12-15(13-27-24(19)29-28-22)17-9-8-16(25)11-14(17)2/h5-9,11-13,30H,3-4,10H2,1-2H3,(H,27,28,29). The summed E-state index contributed by atoms with van der Waals surface area (Å²) in [6, 6.07) is 9.95. The van der Waals surface area contributed by atoms with E-state index >= 15 is 4.39 Å². The molecule has 0 spiro atoms. The maximum atomic E-state index is 15.2. The number of aromatic amines is 1. The van der Waals surface area contributed by atoms with Gasteiger partial charge in [0.25, 0.3) is 0 Å². The van der Waals surface area contributed by atoms with Gasteiger partial charge in [-0.3, -0.25) is 14.6 Å². The predicted octanol–water partition coefficient (Wildman–Crippen LogP) is 4.98. The number of carbonyl (C=O) groups is 1. The van der Waals surface area contributed by atoms with Crippen molar-refractivity contribution in [1.29, 1.82) is 0 Å². The van der Waals surface area contributed by atoms with E-state index in [0.29, 0.717) is 29.4 Å². The maximum absolute atomic E-state index is 15.2. The molecule has 2 heterocycles. The minimum Gasteiger partial charge on any atom is -0.287 e. The number of aryl methyl sites for hydroxylation is 1. The zero-order valence-electron chi connectivity index (χ0n) is 18.5. The summed E-state index contributed by atoms with van der Waals surface area (Å²) in [6.07, 6.45) is 2.66. The number of rotatable bonds is 8. The van der Waals surface area contributed by atoms with Crippen LogP contribution in [0.15, 0.2) is 48.7 Å². The highest BCUT2D eigenvalue weighted by molar-refractivity contribution is 7.92. The number of nitrogens with zero attached hydrogens (tertiary/aromatic N) is 2. The van der Waals surface area contributed by atoms with Gasteiger partial charge < -0.3 is 0 Å². The average molecular weight is 485 g/mol. The second-order valence-corrected chi connectivity index (χ2v) is 9.77. The molecule has 0 fully saturated rings. The van der Waals surface area contributed by atoms with Crippen LogP contribution in [0.1, 0.15) is 41.4 Å². The number of nitrogens with one attached hydrogen (secondary N) is 2. The van der Waals surface area contributed by atoms with Crippen LogP contribution in [-0.4, -0.2) is 35.1 Å². The van der Waals surface area contributed by atoms with Crippen molar-refractivity contribution in [3.8, 4) is 11.1 Å². The minimum atomic E-state index is -3.75. The molecule has 0 atom stereocenters. The zero-order valence-corrected chi connectivity index (χ0v) is 19.3. The van der Waals surface area contributed by atoms with Crippen molar-refractivity contribution in [2.75, 3.05) is 10.5 Å². The Bertz CT molecular complexity index is 1500. The van der Waals surface area contributed by atoms with Crippen LogP contribution < -0.4 is 4.72 Å². The monoisotopic (exact) mass is 484 g/mol. The summed E-state index contributed by atoms with van der Waals surface area (Å²) in [6.45, 7) is 3.61. The lowest BCUT2D eigenvalue weighted by molar-refractivity contribution is 0.103. The zero-order chi connectivity index (χ0) is 24.5. The van der Waals surface area contributed by atoms with Crippen LogP contribution in [0.3, 0.4) is 0 Å². The van der Waals surface area contributed by atoms with Gasteiger partial charge in [0.15, 0.2) is 11.5 Å². The van der Waals surface area contributed by atoms with Gasteiger partial charge in [0.2, 0.25) is 15.8 Å². The lowest BCUT2D eigenvalue weighted by Crippen LogP contribution is -2.18. The summed E-state index contributed by atoms with van der Waals surface area (Å²) in [7, 11) is -3.75. The number of fused-ring (bicyclic) bond motifs is 1. The highest BCUT2D eigenvalue weighted by atomic mass is 32.2. The summed E-state index contributed by atoms with van der Waals surface area (Å²) in [5.41, 5.74) is 1.70. The fourth-order valence-corrected chi connectivity index (χ4v) is 4.91. The van der Waals surface area contributed by atoms with Gasteiger partial charge >= 0.3 is 0 Å². The summed E-state index contributed by atoms with van der Waals surface area (Å²) in [5.74, 6) is -2.20. The summed E-state index contributed by atoms with van der Waals surface area (Å²) >= 11 is 0. The van der Waals surface area contributed by atoms with Crippen molar-refractivity contribution in [1.82, 2.24) is 15.2 Å². The first-order valence-electron chi connectivity index (χ1n) is 10.6.